The molecule has 6 aromatic rings. The van der Waals surface area contributed by atoms with Gasteiger partial charge in [0.15, 0.2) is 0 Å². The third-order valence-electron chi connectivity index (χ3n) is 13.8. The van der Waals surface area contributed by atoms with E-state index in [0.717, 1.165) is 39.3 Å². The zero-order chi connectivity index (χ0) is 52.6. The number of hydrogen-bond acceptors (Lipinski definition) is 6. The standard InChI is InChI=1S/C66H90N6/c1-61(2,3)70(62(4,5)6)58-37-25-52(26-38-58)43-49-19-31-55(32-20-49)67-46-68(56-33-21-50(22-34-56)44-53-27-39-59(40-28-53)71(63(7,8)9)64(10,11)12)48-69(47-67)57-35-23-51(24-36-57)45-54-29-41-60(42-30-54)72(65(13,14)15)66(16,17)18/h19-42H,43-48H2,1-18H3. The first-order valence-electron chi connectivity index (χ1n) is 26.6. The van der Waals surface area contributed by atoms with E-state index >= 15 is 0 Å². The van der Waals surface area contributed by atoms with E-state index < -0.39 is 0 Å². The van der Waals surface area contributed by atoms with Gasteiger partial charge in [0.1, 0.15) is 0 Å². The monoisotopic (exact) mass is 967 g/mol. The fraction of sp³-hybridized carbons (Fsp3) is 0.455. The van der Waals surface area contributed by atoms with E-state index in [2.05, 4.69) is 300 Å². The predicted octanol–water partition coefficient (Wildman–Crippen LogP) is 16.4. The minimum absolute atomic E-state index is 0.0199. The maximum atomic E-state index is 2.52. The van der Waals surface area contributed by atoms with Crippen LogP contribution in [0.25, 0.3) is 0 Å². The third-order valence-corrected chi connectivity index (χ3v) is 13.8. The summed E-state index contributed by atoms with van der Waals surface area (Å²) in [5.41, 5.74) is 15.5. The number of benzene rings is 6. The van der Waals surface area contributed by atoms with Crippen LogP contribution >= 0.6 is 0 Å². The highest BCUT2D eigenvalue weighted by Crippen LogP contribution is 2.36. The first-order valence-corrected chi connectivity index (χ1v) is 26.6. The summed E-state index contributed by atoms with van der Waals surface area (Å²) in [6.45, 7) is 43.7. The highest BCUT2D eigenvalue weighted by atomic mass is 15.5. The second-order valence-corrected chi connectivity index (χ2v) is 26.6. The molecule has 1 aliphatic rings. The Bertz CT molecular complexity index is 2310. The van der Waals surface area contributed by atoms with Crippen molar-refractivity contribution in [2.24, 2.45) is 0 Å². The van der Waals surface area contributed by atoms with Crippen LogP contribution in [0, 0.1) is 0 Å². The van der Waals surface area contributed by atoms with E-state index in [4.69, 9.17) is 0 Å². The zero-order valence-corrected chi connectivity index (χ0v) is 47.8. The van der Waals surface area contributed by atoms with Crippen LogP contribution in [0.1, 0.15) is 158 Å². The lowest BCUT2D eigenvalue weighted by atomic mass is 9.94. The van der Waals surface area contributed by atoms with Crippen LogP contribution in [0.2, 0.25) is 0 Å². The van der Waals surface area contributed by atoms with Crippen LogP contribution in [0.5, 0.6) is 0 Å². The van der Waals surface area contributed by atoms with Gasteiger partial charge in [-0.1, -0.05) is 72.8 Å². The van der Waals surface area contributed by atoms with Gasteiger partial charge in [0.25, 0.3) is 0 Å². The van der Waals surface area contributed by atoms with Gasteiger partial charge in [-0.2, -0.15) is 0 Å². The molecule has 0 N–H and O–H groups in total. The van der Waals surface area contributed by atoms with Crippen molar-refractivity contribution in [2.75, 3.05) is 49.4 Å². The topological polar surface area (TPSA) is 19.4 Å². The minimum Gasteiger partial charge on any atom is -0.362 e. The molecule has 1 fully saturated rings. The van der Waals surface area contributed by atoms with E-state index in [1.54, 1.807) is 0 Å². The second kappa shape index (κ2) is 20.6. The smallest absolute Gasteiger partial charge is 0.0937 e. The van der Waals surface area contributed by atoms with Gasteiger partial charge < -0.3 is 29.4 Å². The van der Waals surface area contributed by atoms with E-state index in [1.165, 1.54) is 67.5 Å². The van der Waals surface area contributed by atoms with E-state index in [-0.39, 0.29) is 33.2 Å². The van der Waals surface area contributed by atoms with Crippen molar-refractivity contribution in [1.82, 2.24) is 0 Å². The van der Waals surface area contributed by atoms with Crippen molar-refractivity contribution in [3.63, 3.8) is 0 Å². The normalized spacial score (nSPS) is 14.2. The first-order chi connectivity index (χ1) is 33.4. The van der Waals surface area contributed by atoms with Crippen molar-refractivity contribution in [2.45, 2.75) is 177 Å². The summed E-state index contributed by atoms with van der Waals surface area (Å²) in [6.07, 6.45) is 2.69. The van der Waals surface area contributed by atoms with E-state index in [0.29, 0.717) is 0 Å². The highest BCUT2D eigenvalue weighted by Gasteiger charge is 2.34. The predicted molar refractivity (Wildman–Crippen MR) is 315 cm³/mol. The molecule has 0 spiro atoms. The highest BCUT2D eigenvalue weighted by molar-refractivity contribution is 5.61. The number of anilines is 6. The zero-order valence-electron chi connectivity index (χ0n) is 47.8. The maximum Gasteiger partial charge on any atom is 0.0937 e. The summed E-state index contributed by atoms with van der Waals surface area (Å²) in [5, 5.41) is 0. The summed E-state index contributed by atoms with van der Waals surface area (Å²) in [4.78, 5) is 15.1. The van der Waals surface area contributed by atoms with Crippen molar-refractivity contribution in [3.05, 3.63) is 179 Å². The quantitative estimate of drug-likeness (QED) is 0.121. The Balaban J connectivity index is 1.09. The summed E-state index contributed by atoms with van der Waals surface area (Å²) < 4.78 is 0. The summed E-state index contributed by atoms with van der Waals surface area (Å²) in [5.74, 6) is 0. The molecule has 1 heterocycles. The molecule has 72 heavy (non-hydrogen) atoms. The largest absolute Gasteiger partial charge is 0.362 e. The lowest BCUT2D eigenvalue weighted by Gasteiger charge is -2.47. The van der Waals surface area contributed by atoms with E-state index in [1.807, 2.05) is 0 Å². The van der Waals surface area contributed by atoms with Crippen molar-refractivity contribution in [3.8, 4) is 0 Å². The van der Waals surface area contributed by atoms with Gasteiger partial charge in [0, 0.05) is 67.4 Å². The van der Waals surface area contributed by atoms with Crippen LogP contribution < -0.4 is 29.4 Å². The molecule has 0 saturated carbocycles. The SMILES string of the molecule is CC(C)(C)N(c1ccc(Cc2ccc(N3CN(c4ccc(Cc5ccc(N(C(C)(C)C)C(C)(C)C)cc5)cc4)CN(c4ccc(Cc5ccc(N(C(C)(C)C)C(C)(C)C)cc5)cc4)C3)cc2)cc1)C(C)(C)C. The Labute approximate surface area is 437 Å². The fourth-order valence-electron chi connectivity index (χ4n) is 12.1. The fourth-order valence-corrected chi connectivity index (χ4v) is 12.1. The Morgan fingerprint density at radius 1 is 0.250 bits per heavy atom. The van der Waals surface area contributed by atoms with Crippen LogP contribution in [-0.4, -0.2) is 53.2 Å². The van der Waals surface area contributed by atoms with Gasteiger partial charge in [-0.05, 0) is 250 Å². The van der Waals surface area contributed by atoms with Crippen LogP contribution in [-0.2, 0) is 19.3 Å². The third kappa shape index (κ3) is 13.4. The molecule has 6 aromatic carbocycles. The lowest BCUT2D eigenvalue weighted by Crippen LogP contribution is -2.55. The number of hydrogen-bond donors (Lipinski definition) is 0. The molecule has 0 radical (unpaired) electrons. The van der Waals surface area contributed by atoms with Crippen molar-refractivity contribution < 1.29 is 0 Å². The van der Waals surface area contributed by atoms with Crippen LogP contribution in [0.4, 0.5) is 34.1 Å². The molecule has 0 aliphatic carbocycles. The Morgan fingerprint density at radius 2 is 0.403 bits per heavy atom. The Kier molecular flexibility index (Phi) is 15.4. The molecule has 384 valence electrons. The first kappa shape index (κ1) is 53.9. The average molecular weight is 967 g/mol. The molecule has 1 aliphatic heterocycles. The number of rotatable bonds is 12. The van der Waals surface area contributed by atoms with Crippen LogP contribution in [0.3, 0.4) is 0 Å². The summed E-state index contributed by atoms with van der Waals surface area (Å²) >= 11 is 0. The molecular formula is C66H90N6. The molecule has 0 atom stereocenters. The lowest BCUT2D eigenvalue weighted by molar-refractivity contribution is 0.380. The summed E-state index contributed by atoms with van der Waals surface area (Å²) in [6, 6.07) is 55.4. The van der Waals surface area contributed by atoms with Gasteiger partial charge in [-0.15, -0.1) is 0 Å². The summed E-state index contributed by atoms with van der Waals surface area (Å²) in [7, 11) is 0. The molecule has 6 heteroatoms. The van der Waals surface area contributed by atoms with Gasteiger partial charge in [0.05, 0.1) is 20.0 Å². The maximum absolute atomic E-state index is 2.52. The molecule has 0 bridgehead atoms. The van der Waals surface area contributed by atoms with Crippen LogP contribution in [0.15, 0.2) is 146 Å². The molecule has 1 saturated heterocycles. The number of nitrogens with zero attached hydrogens (tertiary/aromatic N) is 6. The molecule has 7 rings (SSSR count). The average Bonchev–Trinajstić information content (AvgIpc) is 3.26. The molecule has 0 aromatic heterocycles. The van der Waals surface area contributed by atoms with Crippen molar-refractivity contribution in [1.29, 1.82) is 0 Å². The Morgan fingerprint density at radius 3 is 0.556 bits per heavy atom. The molecule has 0 amide bonds. The molecule has 6 nitrogen and oxygen atoms in total. The van der Waals surface area contributed by atoms with Gasteiger partial charge >= 0.3 is 0 Å². The molecule has 0 unspecified atom stereocenters. The molecular weight excluding hydrogens is 877 g/mol. The minimum atomic E-state index is 0.0199. The Hall–Kier alpha value is -5.88. The second-order valence-electron chi connectivity index (χ2n) is 26.6. The van der Waals surface area contributed by atoms with Gasteiger partial charge in [-0.25, -0.2) is 0 Å². The van der Waals surface area contributed by atoms with Crippen molar-refractivity contribution >= 4 is 34.1 Å². The van der Waals surface area contributed by atoms with Gasteiger partial charge in [-0.3, -0.25) is 0 Å². The van der Waals surface area contributed by atoms with E-state index in [9.17, 15) is 0 Å². The van der Waals surface area contributed by atoms with Gasteiger partial charge in [0.2, 0.25) is 0 Å².